The number of methoxy groups -OCH3 is 1. The standard InChI is InChI=1S/C19H22N4O4/c1-12-9-16(13(2)26-12)19-22-21-18(27-19)11-23(3)10-17(24)20-14-5-7-15(25-4)8-6-14/h5-9H,10-11H2,1-4H3,(H,20,24)/p+1. The number of nitrogens with one attached hydrogen (secondary N) is 2. The van der Waals surface area contributed by atoms with E-state index in [-0.39, 0.29) is 12.5 Å². The van der Waals surface area contributed by atoms with Crippen LogP contribution in [0.15, 0.2) is 39.2 Å². The zero-order valence-electron chi connectivity index (χ0n) is 15.8. The summed E-state index contributed by atoms with van der Waals surface area (Å²) in [6.45, 7) is 4.44. The topological polar surface area (TPSA) is 94.8 Å². The molecule has 0 spiro atoms. The molecule has 8 nitrogen and oxygen atoms in total. The van der Waals surface area contributed by atoms with Crippen LogP contribution in [0.2, 0.25) is 0 Å². The minimum Gasteiger partial charge on any atom is -0.497 e. The maximum Gasteiger partial charge on any atom is 0.279 e. The molecule has 8 heteroatoms. The van der Waals surface area contributed by atoms with Crippen LogP contribution >= 0.6 is 0 Å². The van der Waals surface area contributed by atoms with Crippen molar-refractivity contribution < 1.29 is 23.3 Å². The summed E-state index contributed by atoms with van der Waals surface area (Å²) in [6.07, 6.45) is 0. The quantitative estimate of drug-likeness (QED) is 0.655. The molecule has 1 aromatic carbocycles. The maximum absolute atomic E-state index is 12.2. The Morgan fingerprint density at radius 1 is 1.19 bits per heavy atom. The molecule has 2 aromatic heterocycles. The van der Waals surface area contributed by atoms with Crippen LogP contribution in [0, 0.1) is 13.8 Å². The lowest BCUT2D eigenvalue weighted by molar-refractivity contribution is -0.886. The summed E-state index contributed by atoms with van der Waals surface area (Å²) in [7, 11) is 3.49. The summed E-state index contributed by atoms with van der Waals surface area (Å²) >= 11 is 0. The van der Waals surface area contributed by atoms with Crippen LogP contribution in [0.1, 0.15) is 17.4 Å². The van der Waals surface area contributed by atoms with Gasteiger partial charge in [-0.05, 0) is 44.2 Å². The molecule has 3 aromatic rings. The Hall–Kier alpha value is -3.13. The van der Waals surface area contributed by atoms with Gasteiger partial charge in [0.05, 0.1) is 19.7 Å². The fourth-order valence-electron chi connectivity index (χ4n) is 2.75. The van der Waals surface area contributed by atoms with E-state index in [1.807, 2.05) is 27.0 Å². The Morgan fingerprint density at radius 3 is 2.56 bits per heavy atom. The van der Waals surface area contributed by atoms with Gasteiger partial charge >= 0.3 is 0 Å². The summed E-state index contributed by atoms with van der Waals surface area (Å²) in [5.41, 5.74) is 1.51. The lowest BCUT2D eigenvalue weighted by atomic mass is 10.2. The molecule has 0 aliphatic rings. The van der Waals surface area contributed by atoms with Crippen molar-refractivity contribution >= 4 is 11.6 Å². The molecule has 27 heavy (non-hydrogen) atoms. The van der Waals surface area contributed by atoms with E-state index in [2.05, 4.69) is 15.5 Å². The number of likely N-dealkylation sites (N-methyl/N-ethyl adjacent to an activating group) is 1. The number of benzene rings is 1. The summed E-state index contributed by atoms with van der Waals surface area (Å²) in [5.74, 6) is 3.07. The SMILES string of the molecule is COc1ccc(NC(=O)C[NH+](C)Cc2nnc(-c3cc(C)oc3C)o2)cc1. The molecule has 0 radical (unpaired) electrons. The van der Waals surface area contributed by atoms with Crippen LogP contribution in [-0.2, 0) is 11.3 Å². The smallest absolute Gasteiger partial charge is 0.279 e. The highest BCUT2D eigenvalue weighted by Gasteiger charge is 2.18. The molecule has 0 fully saturated rings. The first kappa shape index (κ1) is 18.7. The molecule has 0 saturated heterocycles. The number of ether oxygens (including phenoxy) is 1. The fraction of sp³-hybridized carbons (Fsp3) is 0.316. The minimum atomic E-state index is -0.0984. The van der Waals surface area contributed by atoms with Gasteiger partial charge in [0.25, 0.3) is 17.7 Å². The number of quaternary nitrogens is 1. The van der Waals surface area contributed by atoms with Crippen molar-refractivity contribution in [2.24, 2.45) is 0 Å². The number of carbonyl (C=O) groups is 1. The molecule has 142 valence electrons. The number of carbonyl (C=O) groups excluding carboxylic acids is 1. The Bertz CT molecular complexity index is 914. The minimum absolute atomic E-state index is 0.0984. The number of hydrogen-bond acceptors (Lipinski definition) is 6. The third-order valence-corrected chi connectivity index (χ3v) is 4.03. The van der Waals surface area contributed by atoms with E-state index in [0.29, 0.717) is 18.3 Å². The van der Waals surface area contributed by atoms with Gasteiger partial charge in [-0.2, -0.15) is 0 Å². The van der Waals surface area contributed by atoms with Gasteiger partial charge in [-0.3, -0.25) is 4.79 Å². The van der Waals surface area contributed by atoms with Crippen LogP contribution in [0.3, 0.4) is 0 Å². The van der Waals surface area contributed by atoms with Gasteiger partial charge in [0, 0.05) is 5.69 Å². The third kappa shape index (κ3) is 4.73. The normalized spacial score (nSPS) is 12.0. The first-order valence-electron chi connectivity index (χ1n) is 8.59. The van der Waals surface area contributed by atoms with Crippen LogP contribution < -0.4 is 15.0 Å². The number of nitrogens with zero attached hydrogens (tertiary/aromatic N) is 2. The second-order valence-electron chi connectivity index (χ2n) is 6.42. The van der Waals surface area contributed by atoms with E-state index in [4.69, 9.17) is 13.6 Å². The summed E-state index contributed by atoms with van der Waals surface area (Å²) in [6, 6.07) is 9.06. The monoisotopic (exact) mass is 371 g/mol. The molecule has 0 bridgehead atoms. The highest BCUT2D eigenvalue weighted by Crippen LogP contribution is 2.25. The number of furan rings is 1. The molecule has 0 aliphatic heterocycles. The highest BCUT2D eigenvalue weighted by atomic mass is 16.5. The van der Waals surface area contributed by atoms with Gasteiger partial charge < -0.3 is 23.8 Å². The summed E-state index contributed by atoms with van der Waals surface area (Å²) in [4.78, 5) is 13.1. The molecule has 1 unspecified atom stereocenters. The van der Waals surface area contributed by atoms with Gasteiger partial charge in [0.1, 0.15) is 17.3 Å². The Morgan fingerprint density at radius 2 is 1.93 bits per heavy atom. The van der Waals surface area contributed by atoms with Crippen LogP contribution in [0.25, 0.3) is 11.5 Å². The Balaban J connectivity index is 1.55. The summed E-state index contributed by atoms with van der Waals surface area (Å²) < 4.78 is 16.3. The second-order valence-corrected chi connectivity index (χ2v) is 6.42. The van der Waals surface area contributed by atoms with E-state index in [1.165, 1.54) is 0 Å². The third-order valence-electron chi connectivity index (χ3n) is 4.03. The number of aryl methyl sites for hydroxylation is 2. The molecule has 0 saturated carbocycles. The second kappa shape index (κ2) is 8.05. The maximum atomic E-state index is 12.2. The first-order valence-corrected chi connectivity index (χ1v) is 8.59. The largest absolute Gasteiger partial charge is 0.497 e. The number of rotatable bonds is 7. The van der Waals surface area contributed by atoms with E-state index in [0.717, 1.165) is 33.4 Å². The molecular weight excluding hydrogens is 348 g/mol. The molecule has 2 heterocycles. The fourth-order valence-corrected chi connectivity index (χ4v) is 2.75. The number of anilines is 1. The van der Waals surface area contributed by atoms with Crippen molar-refractivity contribution in [2.75, 3.05) is 26.0 Å². The molecule has 1 atom stereocenters. The molecule has 0 aliphatic carbocycles. The van der Waals surface area contributed by atoms with Crippen molar-refractivity contribution in [1.29, 1.82) is 0 Å². The van der Waals surface area contributed by atoms with Gasteiger partial charge in [-0.1, -0.05) is 0 Å². The van der Waals surface area contributed by atoms with Crippen LogP contribution in [-0.4, -0.2) is 36.8 Å². The predicted molar refractivity (Wildman–Crippen MR) is 98.6 cm³/mol. The van der Waals surface area contributed by atoms with E-state index >= 15 is 0 Å². The summed E-state index contributed by atoms with van der Waals surface area (Å²) in [5, 5.41) is 11.0. The average Bonchev–Trinajstić information content (AvgIpc) is 3.21. The van der Waals surface area contributed by atoms with Crippen molar-refractivity contribution in [3.8, 4) is 17.2 Å². The van der Waals surface area contributed by atoms with Gasteiger partial charge in [0.2, 0.25) is 0 Å². The van der Waals surface area contributed by atoms with Crippen LogP contribution in [0.4, 0.5) is 5.69 Å². The van der Waals surface area contributed by atoms with Crippen LogP contribution in [0.5, 0.6) is 5.75 Å². The lowest BCUT2D eigenvalue weighted by Crippen LogP contribution is -3.08. The zero-order chi connectivity index (χ0) is 19.4. The Labute approximate surface area is 157 Å². The number of amides is 1. The van der Waals surface area contributed by atoms with Gasteiger partial charge in [-0.15, -0.1) is 10.2 Å². The van der Waals surface area contributed by atoms with Crippen molar-refractivity contribution in [3.05, 3.63) is 47.7 Å². The average molecular weight is 371 g/mol. The van der Waals surface area contributed by atoms with Gasteiger partial charge in [-0.25, -0.2) is 0 Å². The Kier molecular flexibility index (Phi) is 5.56. The first-order chi connectivity index (χ1) is 12.9. The number of hydrogen-bond donors (Lipinski definition) is 2. The zero-order valence-corrected chi connectivity index (χ0v) is 15.8. The van der Waals surface area contributed by atoms with Crippen molar-refractivity contribution in [3.63, 3.8) is 0 Å². The van der Waals surface area contributed by atoms with E-state index < -0.39 is 0 Å². The predicted octanol–water partition coefficient (Wildman–Crippen LogP) is 1.61. The van der Waals surface area contributed by atoms with Crippen molar-refractivity contribution in [2.45, 2.75) is 20.4 Å². The van der Waals surface area contributed by atoms with E-state index in [1.54, 1.807) is 31.4 Å². The molecule has 3 rings (SSSR count). The number of aromatic nitrogens is 2. The molecule has 1 amide bonds. The highest BCUT2D eigenvalue weighted by molar-refractivity contribution is 5.91. The lowest BCUT2D eigenvalue weighted by Gasteiger charge is -2.12. The molecular formula is C19H23N4O4+. The van der Waals surface area contributed by atoms with Gasteiger partial charge in [0.15, 0.2) is 13.1 Å². The van der Waals surface area contributed by atoms with Crippen molar-refractivity contribution in [1.82, 2.24) is 10.2 Å². The van der Waals surface area contributed by atoms with E-state index in [9.17, 15) is 4.79 Å². The molecule has 2 N–H and O–H groups in total.